The third-order valence-electron chi connectivity index (χ3n) is 3.71. The predicted molar refractivity (Wildman–Crippen MR) is 75.1 cm³/mol. The van der Waals surface area contributed by atoms with Crippen LogP contribution in [0.3, 0.4) is 0 Å². The van der Waals surface area contributed by atoms with E-state index in [1.165, 1.54) is 4.90 Å². The summed E-state index contributed by atoms with van der Waals surface area (Å²) >= 11 is 0. The largest absolute Gasteiger partial charge is 0.481 e. The lowest BCUT2D eigenvalue weighted by Gasteiger charge is -2.32. The van der Waals surface area contributed by atoms with Gasteiger partial charge in [0.15, 0.2) is 0 Å². The number of carboxylic acid groups (broad SMARTS) is 1. The first-order chi connectivity index (χ1) is 9.17. The van der Waals surface area contributed by atoms with Crippen molar-refractivity contribution in [2.24, 2.45) is 23.0 Å². The van der Waals surface area contributed by atoms with Crippen LogP contribution >= 0.6 is 0 Å². The summed E-state index contributed by atoms with van der Waals surface area (Å²) in [6.07, 6.45) is 0.679. The Hall–Kier alpha value is -1.14. The Morgan fingerprint density at radius 2 is 2.00 bits per heavy atom. The molecule has 1 aliphatic heterocycles. The predicted octanol–water partition coefficient (Wildman–Crippen LogP) is 0.556. The molecule has 0 radical (unpaired) electrons. The van der Waals surface area contributed by atoms with E-state index in [4.69, 9.17) is 15.6 Å². The number of ether oxygens (including phenoxy) is 1. The zero-order valence-electron chi connectivity index (χ0n) is 12.8. The van der Waals surface area contributed by atoms with E-state index in [0.29, 0.717) is 6.42 Å². The average Bonchev–Trinajstić information content (AvgIpc) is 2.82. The Labute approximate surface area is 120 Å². The molecular formula is C14H26N2O4. The summed E-state index contributed by atoms with van der Waals surface area (Å²) in [5, 5.41) is 9.15. The molecule has 1 aliphatic rings. The maximum atomic E-state index is 12.5. The fourth-order valence-corrected chi connectivity index (χ4v) is 2.62. The quantitative estimate of drug-likeness (QED) is 0.770. The van der Waals surface area contributed by atoms with Crippen molar-refractivity contribution in [3.63, 3.8) is 0 Å². The first kappa shape index (κ1) is 16.9. The topological polar surface area (TPSA) is 92.9 Å². The smallest absolute Gasteiger partial charge is 0.311 e. The zero-order valence-corrected chi connectivity index (χ0v) is 12.8. The summed E-state index contributed by atoms with van der Waals surface area (Å²) in [6, 6.07) is -0.408. The van der Waals surface area contributed by atoms with Gasteiger partial charge in [0.1, 0.15) is 5.92 Å². The number of hydrogen-bond acceptors (Lipinski definition) is 4. The van der Waals surface area contributed by atoms with Gasteiger partial charge in [0.05, 0.1) is 25.2 Å². The van der Waals surface area contributed by atoms with Crippen LogP contribution in [0, 0.1) is 17.3 Å². The molecule has 6 nitrogen and oxygen atoms in total. The number of nitrogens with two attached hydrogens (primary N) is 1. The van der Waals surface area contributed by atoms with Gasteiger partial charge in [0.2, 0.25) is 5.91 Å². The van der Waals surface area contributed by atoms with E-state index < -0.39 is 17.9 Å². The highest BCUT2D eigenvalue weighted by Gasteiger charge is 2.40. The van der Waals surface area contributed by atoms with Crippen molar-refractivity contribution in [3.05, 3.63) is 0 Å². The molecule has 3 N–H and O–H groups in total. The second-order valence-electron chi connectivity index (χ2n) is 6.70. The van der Waals surface area contributed by atoms with Crippen molar-refractivity contribution in [1.82, 2.24) is 4.90 Å². The van der Waals surface area contributed by atoms with Gasteiger partial charge in [0, 0.05) is 13.6 Å². The monoisotopic (exact) mass is 286 g/mol. The lowest BCUT2D eigenvalue weighted by Crippen LogP contribution is -2.48. The Morgan fingerprint density at radius 3 is 2.45 bits per heavy atom. The van der Waals surface area contributed by atoms with Crippen LogP contribution < -0.4 is 5.73 Å². The Bertz CT molecular complexity index is 365. The van der Waals surface area contributed by atoms with E-state index in [2.05, 4.69) is 20.8 Å². The van der Waals surface area contributed by atoms with Gasteiger partial charge >= 0.3 is 5.97 Å². The second kappa shape index (κ2) is 6.54. The second-order valence-corrected chi connectivity index (χ2v) is 6.70. The van der Waals surface area contributed by atoms with E-state index in [9.17, 15) is 9.59 Å². The number of rotatable bonds is 5. The highest BCUT2D eigenvalue weighted by atomic mass is 16.5. The van der Waals surface area contributed by atoms with E-state index in [0.717, 1.165) is 0 Å². The molecule has 1 fully saturated rings. The van der Waals surface area contributed by atoms with Crippen molar-refractivity contribution in [1.29, 1.82) is 0 Å². The number of nitrogens with zero attached hydrogens (tertiary/aromatic N) is 1. The number of hydrogen-bond donors (Lipinski definition) is 2. The lowest BCUT2D eigenvalue weighted by molar-refractivity contribution is -0.145. The van der Waals surface area contributed by atoms with Crippen LogP contribution in [0.5, 0.6) is 0 Å². The van der Waals surface area contributed by atoms with Gasteiger partial charge < -0.3 is 20.5 Å². The van der Waals surface area contributed by atoms with E-state index in [1.54, 1.807) is 7.05 Å². The van der Waals surface area contributed by atoms with E-state index in [-0.39, 0.29) is 37.0 Å². The fraction of sp³-hybridized carbons (Fsp3) is 0.857. The van der Waals surface area contributed by atoms with E-state index >= 15 is 0 Å². The number of carboxylic acids is 1. The molecule has 0 aromatic carbocycles. The standard InChI is InChI=1S/C14H26N2O4/c1-14(2,3)5-9(6-15)12(17)16(4)11-8-20-7-10(11)13(18)19/h9-11H,5-8,15H2,1-4H3,(H,18,19). The Balaban J connectivity index is 2.76. The van der Waals surface area contributed by atoms with Gasteiger partial charge in [0.25, 0.3) is 0 Å². The van der Waals surface area contributed by atoms with Gasteiger partial charge in [-0.25, -0.2) is 0 Å². The van der Waals surface area contributed by atoms with Crippen molar-refractivity contribution in [3.8, 4) is 0 Å². The van der Waals surface area contributed by atoms with Crippen LogP contribution in [0.15, 0.2) is 0 Å². The molecule has 116 valence electrons. The molecule has 0 aromatic rings. The minimum absolute atomic E-state index is 0.00108. The maximum absolute atomic E-state index is 12.5. The van der Waals surface area contributed by atoms with Crippen LogP contribution in [0.25, 0.3) is 0 Å². The summed E-state index contributed by atoms with van der Waals surface area (Å²) < 4.78 is 5.21. The summed E-state index contributed by atoms with van der Waals surface area (Å²) in [4.78, 5) is 25.2. The summed E-state index contributed by atoms with van der Waals surface area (Å²) in [5.74, 6) is -1.96. The minimum Gasteiger partial charge on any atom is -0.481 e. The average molecular weight is 286 g/mol. The van der Waals surface area contributed by atoms with Crippen LogP contribution in [0.2, 0.25) is 0 Å². The van der Waals surface area contributed by atoms with Crippen LogP contribution in [-0.4, -0.2) is 54.7 Å². The summed E-state index contributed by atoms with van der Waals surface area (Å²) in [7, 11) is 1.64. The molecule has 1 heterocycles. The molecular weight excluding hydrogens is 260 g/mol. The first-order valence-corrected chi connectivity index (χ1v) is 6.94. The summed E-state index contributed by atoms with van der Waals surface area (Å²) in [6.45, 7) is 6.87. The maximum Gasteiger partial charge on any atom is 0.311 e. The molecule has 0 aliphatic carbocycles. The minimum atomic E-state index is -0.924. The third-order valence-corrected chi connectivity index (χ3v) is 3.71. The fourth-order valence-electron chi connectivity index (χ4n) is 2.62. The Kier molecular flexibility index (Phi) is 5.53. The van der Waals surface area contributed by atoms with Gasteiger partial charge in [-0.05, 0) is 11.8 Å². The third kappa shape index (κ3) is 4.18. The van der Waals surface area contributed by atoms with Crippen LogP contribution in [0.1, 0.15) is 27.2 Å². The molecule has 0 spiro atoms. The summed E-state index contributed by atoms with van der Waals surface area (Å²) in [5.41, 5.74) is 5.72. The molecule has 20 heavy (non-hydrogen) atoms. The number of amides is 1. The zero-order chi connectivity index (χ0) is 15.5. The number of aliphatic carboxylic acids is 1. The molecule has 0 bridgehead atoms. The van der Waals surface area contributed by atoms with Crippen molar-refractivity contribution < 1.29 is 19.4 Å². The van der Waals surface area contributed by atoms with Crippen molar-refractivity contribution in [2.75, 3.05) is 26.8 Å². The van der Waals surface area contributed by atoms with Gasteiger partial charge in [-0.1, -0.05) is 20.8 Å². The molecule has 0 saturated carbocycles. The first-order valence-electron chi connectivity index (χ1n) is 6.94. The molecule has 6 heteroatoms. The van der Waals surface area contributed by atoms with Crippen molar-refractivity contribution >= 4 is 11.9 Å². The normalized spacial score (nSPS) is 24.4. The van der Waals surface area contributed by atoms with Gasteiger partial charge in [-0.2, -0.15) is 0 Å². The van der Waals surface area contributed by atoms with Gasteiger partial charge in [-0.3, -0.25) is 9.59 Å². The molecule has 3 unspecified atom stereocenters. The lowest BCUT2D eigenvalue weighted by atomic mass is 9.83. The van der Waals surface area contributed by atoms with Crippen LogP contribution in [-0.2, 0) is 14.3 Å². The molecule has 1 amide bonds. The highest BCUT2D eigenvalue weighted by Crippen LogP contribution is 2.27. The highest BCUT2D eigenvalue weighted by molar-refractivity contribution is 5.80. The number of carbonyl (C=O) groups is 2. The molecule has 3 atom stereocenters. The molecule has 1 saturated heterocycles. The van der Waals surface area contributed by atoms with E-state index in [1.807, 2.05) is 0 Å². The Morgan fingerprint density at radius 1 is 1.40 bits per heavy atom. The van der Waals surface area contributed by atoms with Gasteiger partial charge in [-0.15, -0.1) is 0 Å². The number of likely N-dealkylation sites (N-methyl/N-ethyl adjacent to an activating group) is 1. The molecule has 0 aromatic heterocycles. The van der Waals surface area contributed by atoms with Crippen molar-refractivity contribution in [2.45, 2.75) is 33.2 Å². The molecule has 1 rings (SSSR count). The van der Waals surface area contributed by atoms with Crippen LogP contribution in [0.4, 0.5) is 0 Å². The number of carbonyl (C=O) groups excluding carboxylic acids is 1. The SMILES string of the molecule is CN(C(=O)C(CN)CC(C)(C)C)C1COCC1C(=O)O.